The number of rotatable bonds is 7. The van der Waals surface area contributed by atoms with E-state index in [2.05, 4.69) is 37.1 Å². The molecule has 1 aromatic heterocycles. The van der Waals surface area contributed by atoms with Crippen molar-refractivity contribution in [3.63, 3.8) is 0 Å². The molecule has 1 atom stereocenters. The molecule has 1 saturated heterocycles. The van der Waals surface area contributed by atoms with Gasteiger partial charge in [0.25, 0.3) is 0 Å². The van der Waals surface area contributed by atoms with Gasteiger partial charge in [-0.25, -0.2) is 12.7 Å². The van der Waals surface area contributed by atoms with Crippen molar-refractivity contribution in [2.75, 3.05) is 32.4 Å². The SMILES string of the molecule is CCN(CC1CCN(S(C)(=O)=O)CC1)C(C)Cc1cc(C)cs1.Cl. The van der Waals surface area contributed by atoms with Crippen molar-refractivity contribution in [2.45, 2.75) is 46.1 Å². The summed E-state index contributed by atoms with van der Waals surface area (Å²) in [6, 6.07) is 2.82. The maximum Gasteiger partial charge on any atom is 0.211 e. The maximum atomic E-state index is 11.6. The van der Waals surface area contributed by atoms with Crippen LogP contribution >= 0.6 is 23.7 Å². The van der Waals surface area contributed by atoms with Crippen LogP contribution < -0.4 is 0 Å². The molecule has 2 heterocycles. The fraction of sp³-hybridized carbons (Fsp3) is 0.765. The summed E-state index contributed by atoms with van der Waals surface area (Å²) >= 11 is 1.85. The Hall–Kier alpha value is -0.140. The molecule has 24 heavy (non-hydrogen) atoms. The smallest absolute Gasteiger partial charge is 0.211 e. The van der Waals surface area contributed by atoms with Gasteiger partial charge in [0.15, 0.2) is 0 Å². The molecule has 0 N–H and O–H groups in total. The van der Waals surface area contributed by atoms with E-state index in [0.717, 1.165) is 32.4 Å². The van der Waals surface area contributed by atoms with E-state index in [4.69, 9.17) is 0 Å². The molecule has 2 rings (SSSR count). The molecule has 0 spiro atoms. The molecule has 7 heteroatoms. The molecule has 1 aliphatic rings. The Labute approximate surface area is 157 Å². The van der Waals surface area contributed by atoms with Gasteiger partial charge in [0.05, 0.1) is 6.26 Å². The molecule has 0 aliphatic carbocycles. The molecule has 4 nitrogen and oxygen atoms in total. The van der Waals surface area contributed by atoms with E-state index in [1.807, 2.05) is 11.3 Å². The van der Waals surface area contributed by atoms with E-state index < -0.39 is 10.0 Å². The molecule has 0 aromatic carbocycles. The van der Waals surface area contributed by atoms with Gasteiger partial charge < -0.3 is 4.90 Å². The lowest BCUT2D eigenvalue weighted by Gasteiger charge is -2.35. The Morgan fingerprint density at radius 1 is 1.38 bits per heavy atom. The minimum Gasteiger partial charge on any atom is -0.300 e. The van der Waals surface area contributed by atoms with Gasteiger partial charge in [-0.3, -0.25) is 0 Å². The zero-order chi connectivity index (χ0) is 17.0. The maximum absolute atomic E-state index is 11.6. The average molecular weight is 395 g/mol. The summed E-state index contributed by atoms with van der Waals surface area (Å²) in [6.07, 6.45) is 4.38. The number of hydrogen-bond acceptors (Lipinski definition) is 4. The van der Waals surface area contributed by atoms with E-state index in [0.29, 0.717) is 25.0 Å². The van der Waals surface area contributed by atoms with Crippen LogP contribution in [-0.4, -0.2) is 56.1 Å². The largest absolute Gasteiger partial charge is 0.300 e. The number of likely N-dealkylation sites (N-methyl/N-ethyl adjacent to an activating group) is 1. The van der Waals surface area contributed by atoms with Crippen molar-refractivity contribution in [3.05, 3.63) is 21.9 Å². The van der Waals surface area contributed by atoms with Gasteiger partial charge in [-0.2, -0.15) is 0 Å². The molecule has 1 unspecified atom stereocenters. The van der Waals surface area contributed by atoms with Gasteiger partial charge in [0.2, 0.25) is 10.0 Å². The highest BCUT2D eigenvalue weighted by Crippen LogP contribution is 2.23. The number of piperidine rings is 1. The van der Waals surface area contributed by atoms with Crippen LogP contribution in [0.25, 0.3) is 0 Å². The lowest BCUT2D eigenvalue weighted by atomic mass is 9.96. The second-order valence-electron chi connectivity index (χ2n) is 6.84. The molecular formula is C17H31ClN2O2S2. The average Bonchev–Trinajstić information content (AvgIpc) is 2.89. The zero-order valence-corrected chi connectivity index (χ0v) is 17.6. The third-order valence-corrected chi connectivity index (χ3v) is 7.23. The lowest BCUT2D eigenvalue weighted by molar-refractivity contribution is 0.153. The molecule has 0 radical (unpaired) electrons. The van der Waals surface area contributed by atoms with Gasteiger partial charge in [0, 0.05) is 30.6 Å². The Kier molecular flexibility index (Phi) is 8.70. The first-order valence-corrected chi connectivity index (χ1v) is 11.3. The van der Waals surface area contributed by atoms with Crippen LogP contribution in [-0.2, 0) is 16.4 Å². The van der Waals surface area contributed by atoms with Crippen LogP contribution in [0, 0.1) is 12.8 Å². The second kappa shape index (κ2) is 9.53. The molecule has 0 bridgehead atoms. The Bertz CT molecular complexity index is 595. The summed E-state index contributed by atoms with van der Waals surface area (Å²) in [7, 11) is -3.02. The fourth-order valence-corrected chi connectivity index (χ4v) is 5.26. The quantitative estimate of drug-likeness (QED) is 0.711. The minimum absolute atomic E-state index is 0. The molecule has 1 aromatic rings. The van der Waals surface area contributed by atoms with Crippen LogP contribution in [0.3, 0.4) is 0 Å². The van der Waals surface area contributed by atoms with Crippen molar-refractivity contribution >= 4 is 33.8 Å². The Morgan fingerprint density at radius 3 is 2.46 bits per heavy atom. The third kappa shape index (κ3) is 6.30. The third-order valence-electron chi connectivity index (χ3n) is 4.85. The van der Waals surface area contributed by atoms with Crippen LogP contribution in [0.5, 0.6) is 0 Å². The van der Waals surface area contributed by atoms with E-state index in [1.54, 1.807) is 4.31 Å². The standard InChI is InChI=1S/C17H30N2O2S2.ClH/c1-5-18(15(3)11-17-10-14(2)13-22-17)12-16-6-8-19(9-7-16)23(4,20)21;/h10,13,15-16H,5-9,11-12H2,1-4H3;1H. The molecule has 1 aliphatic heterocycles. The highest BCUT2D eigenvalue weighted by molar-refractivity contribution is 7.88. The van der Waals surface area contributed by atoms with Gasteiger partial charge in [0.1, 0.15) is 0 Å². The first-order valence-electron chi connectivity index (χ1n) is 8.52. The van der Waals surface area contributed by atoms with Gasteiger partial charge in [-0.05, 0) is 62.6 Å². The fourth-order valence-electron chi connectivity index (χ4n) is 3.39. The van der Waals surface area contributed by atoms with Gasteiger partial charge in [-0.1, -0.05) is 6.92 Å². The highest BCUT2D eigenvalue weighted by atomic mass is 35.5. The van der Waals surface area contributed by atoms with Crippen molar-refractivity contribution in [3.8, 4) is 0 Å². The summed E-state index contributed by atoms with van der Waals surface area (Å²) in [5, 5.41) is 2.22. The van der Waals surface area contributed by atoms with Crippen LogP contribution in [0.1, 0.15) is 37.1 Å². The molecule has 0 amide bonds. The van der Waals surface area contributed by atoms with Crippen molar-refractivity contribution in [2.24, 2.45) is 5.92 Å². The van der Waals surface area contributed by atoms with E-state index in [1.165, 1.54) is 16.7 Å². The first-order chi connectivity index (χ1) is 10.8. The number of sulfonamides is 1. The summed E-state index contributed by atoms with van der Waals surface area (Å²) in [4.78, 5) is 4.01. The normalized spacial score (nSPS) is 18.5. The lowest BCUT2D eigenvalue weighted by Crippen LogP contribution is -2.43. The topological polar surface area (TPSA) is 40.6 Å². The number of thiophene rings is 1. The van der Waals surface area contributed by atoms with Crippen LogP contribution in [0.4, 0.5) is 0 Å². The highest BCUT2D eigenvalue weighted by Gasteiger charge is 2.27. The molecule has 140 valence electrons. The summed E-state index contributed by atoms with van der Waals surface area (Å²) in [5.74, 6) is 0.612. The van der Waals surface area contributed by atoms with Crippen molar-refractivity contribution < 1.29 is 8.42 Å². The molecular weight excluding hydrogens is 364 g/mol. The monoisotopic (exact) mass is 394 g/mol. The zero-order valence-electron chi connectivity index (χ0n) is 15.2. The molecule has 0 saturated carbocycles. The number of aryl methyl sites for hydroxylation is 1. The van der Waals surface area contributed by atoms with Gasteiger partial charge >= 0.3 is 0 Å². The number of hydrogen-bond donors (Lipinski definition) is 0. The number of halogens is 1. The summed E-state index contributed by atoms with van der Waals surface area (Å²) < 4.78 is 24.8. The Balaban J connectivity index is 0.00000288. The Morgan fingerprint density at radius 2 is 2.00 bits per heavy atom. The van der Waals surface area contributed by atoms with E-state index >= 15 is 0 Å². The van der Waals surface area contributed by atoms with E-state index in [-0.39, 0.29) is 12.4 Å². The summed E-state index contributed by atoms with van der Waals surface area (Å²) in [6.45, 7) is 10.2. The van der Waals surface area contributed by atoms with Crippen LogP contribution in [0.15, 0.2) is 11.4 Å². The van der Waals surface area contributed by atoms with Crippen LogP contribution in [0.2, 0.25) is 0 Å². The van der Waals surface area contributed by atoms with Crippen molar-refractivity contribution in [1.82, 2.24) is 9.21 Å². The minimum atomic E-state index is -3.02. The second-order valence-corrected chi connectivity index (χ2v) is 9.81. The van der Waals surface area contributed by atoms with Gasteiger partial charge in [-0.15, -0.1) is 23.7 Å². The van der Waals surface area contributed by atoms with E-state index in [9.17, 15) is 8.42 Å². The molecule has 1 fully saturated rings. The predicted molar refractivity (Wildman–Crippen MR) is 106 cm³/mol. The summed E-state index contributed by atoms with van der Waals surface area (Å²) in [5.41, 5.74) is 1.35. The number of nitrogens with zero attached hydrogens (tertiary/aromatic N) is 2. The van der Waals surface area contributed by atoms with Crippen molar-refractivity contribution in [1.29, 1.82) is 0 Å². The first kappa shape index (κ1) is 21.9. The predicted octanol–water partition coefficient (Wildman–Crippen LogP) is 3.40.